The van der Waals surface area contributed by atoms with Crippen LogP contribution in [0.3, 0.4) is 0 Å². The molecule has 2 nitrogen and oxygen atoms in total. The molecule has 0 aromatic carbocycles. The van der Waals surface area contributed by atoms with E-state index in [0.717, 1.165) is 23.3 Å². The van der Waals surface area contributed by atoms with Crippen molar-refractivity contribution in [3.05, 3.63) is 46.8 Å². The Morgan fingerprint density at radius 1 is 1.31 bits per heavy atom. The van der Waals surface area contributed by atoms with Crippen molar-refractivity contribution in [1.29, 1.82) is 0 Å². The fourth-order valence-corrected chi connectivity index (χ4v) is 1.88. The van der Waals surface area contributed by atoms with Crippen LogP contribution in [-0.4, -0.2) is 12.4 Å². The molecule has 0 atom stereocenters. The molecule has 13 heavy (non-hydrogen) atoms. The average Bonchev–Trinajstić information content (AvgIpc) is 2.51. The van der Waals surface area contributed by atoms with Crippen LogP contribution in [-0.2, 0) is 9.53 Å². The first kappa shape index (κ1) is 6.89. The molecule has 0 N–H and O–H groups in total. The third-order valence-electron chi connectivity index (χ3n) is 2.57. The molecule has 1 aliphatic heterocycles. The quantitative estimate of drug-likeness (QED) is 0.555. The van der Waals surface area contributed by atoms with Crippen molar-refractivity contribution in [2.45, 2.75) is 6.42 Å². The second-order valence-electron chi connectivity index (χ2n) is 3.30. The minimum absolute atomic E-state index is 0.138. The number of fused-ring (bicyclic) bond motifs is 2. The van der Waals surface area contributed by atoms with Crippen LogP contribution in [0, 0.1) is 0 Å². The molecule has 1 heterocycles. The molecule has 0 aromatic heterocycles. The summed E-state index contributed by atoms with van der Waals surface area (Å²) in [5.41, 5.74) is 3.10. The van der Waals surface area contributed by atoms with Gasteiger partial charge >= 0.3 is 0 Å². The monoisotopic (exact) mass is 172 g/mol. The van der Waals surface area contributed by atoms with Gasteiger partial charge in [-0.3, -0.25) is 4.79 Å². The topological polar surface area (TPSA) is 26.3 Å². The number of carbonyl (C=O) groups excluding carboxylic acids is 1. The summed E-state index contributed by atoms with van der Waals surface area (Å²) in [5, 5.41) is 0. The molecule has 0 spiro atoms. The van der Waals surface area contributed by atoms with Crippen molar-refractivity contribution < 1.29 is 9.53 Å². The van der Waals surface area contributed by atoms with Gasteiger partial charge in [-0.2, -0.15) is 0 Å². The van der Waals surface area contributed by atoms with Gasteiger partial charge in [-0.1, -0.05) is 6.08 Å². The third-order valence-corrected chi connectivity index (χ3v) is 2.57. The number of rotatable bonds is 0. The summed E-state index contributed by atoms with van der Waals surface area (Å²) in [6.45, 7) is 0.515. The molecular formula is C11H8O2. The Morgan fingerprint density at radius 3 is 3.08 bits per heavy atom. The van der Waals surface area contributed by atoms with Crippen molar-refractivity contribution in [1.82, 2.24) is 0 Å². The van der Waals surface area contributed by atoms with E-state index >= 15 is 0 Å². The molecule has 2 aliphatic carbocycles. The second kappa shape index (κ2) is 2.22. The van der Waals surface area contributed by atoms with Crippen molar-refractivity contribution in [3.63, 3.8) is 0 Å². The number of allylic oxidation sites excluding steroid dienone is 6. The maximum absolute atomic E-state index is 11.2. The van der Waals surface area contributed by atoms with E-state index in [9.17, 15) is 4.79 Å². The van der Waals surface area contributed by atoms with E-state index in [1.807, 2.05) is 12.2 Å². The highest BCUT2D eigenvalue weighted by Gasteiger charge is 2.30. The van der Waals surface area contributed by atoms with Gasteiger partial charge < -0.3 is 4.74 Å². The summed E-state index contributed by atoms with van der Waals surface area (Å²) in [7, 11) is 0. The average molecular weight is 172 g/mol. The lowest BCUT2D eigenvalue weighted by Crippen LogP contribution is -2.14. The first-order valence-electron chi connectivity index (χ1n) is 4.36. The fourth-order valence-electron chi connectivity index (χ4n) is 1.88. The van der Waals surface area contributed by atoms with Crippen LogP contribution >= 0.6 is 0 Å². The molecule has 0 unspecified atom stereocenters. The van der Waals surface area contributed by atoms with Gasteiger partial charge in [0.25, 0.3) is 0 Å². The van der Waals surface area contributed by atoms with E-state index in [1.54, 1.807) is 6.08 Å². The third kappa shape index (κ3) is 0.800. The lowest BCUT2D eigenvalue weighted by atomic mass is 9.84. The Balaban J connectivity index is 2.14. The molecule has 2 heteroatoms. The van der Waals surface area contributed by atoms with Crippen LogP contribution in [0.4, 0.5) is 0 Å². The first-order chi connectivity index (χ1) is 6.36. The maximum Gasteiger partial charge on any atom is 0.186 e. The van der Waals surface area contributed by atoms with Crippen LogP contribution in [0.1, 0.15) is 6.42 Å². The van der Waals surface area contributed by atoms with Crippen molar-refractivity contribution in [2.75, 3.05) is 6.61 Å². The SMILES string of the molecule is O=C1C=C2C1=CCOC1=C2CC=C1. The first-order valence-corrected chi connectivity index (χ1v) is 4.36. The highest BCUT2D eigenvalue weighted by molar-refractivity contribution is 6.17. The summed E-state index contributed by atoms with van der Waals surface area (Å²) in [6, 6.07) is 0. The zero-order chi connectivity index (χ0) is 8.84. The molecular weight excluding hydrogens is 164 g/mol. The van der Waals surface area contributed by atoms with Gasteiger partial charge in [0.15, 0.2) is 5.78 Å². The molecule has 0 fully saturated rings. The molecule has 0 saturated carbocycles. The van der Waals surface area contributed by atoms with Crippen LogP contribution < -0.4 is 0 Å². The Morgan fingerprint density at radius 2 is 2.23 bits per heavy atom. The number of hydrogen-bond acceptors (Lipinski definition) is 2. The normalized spacial score (nSPS) is 23.8. The molecule has 0 amide bonds. The van der Waals surface area contributed by atoms with Gasteiger partial charge in [0.2, 0.25) is 0 Å². The minimum Gasteiger partial charge on any atom is -0.489 e. The van der Waals surface area contributed by atoms with Crippen LogP contribution in [0.5, 0.6) is 0 Å². The number of carbonyl (C=O) groups is 1. The Hall–Kier alpha value is -1.57. The molecule has 0 aromatic rings. The van der Waals surface area contributed by atoms with Gasteiger partial charge in [-0.05, 0) is 30.2 Å². The smallest absolute Gasteiger partial charge is 0.186 e. The van der Waals surface area contributed by atoms with Gasteiger partial charge in [0.05, 0.1) is 0 Å². The molecule has 64 valence electrons. The Bertz CT molecular complexity index is 419. The highest BCUT2D eigenvalue weighted by Crippen LogP contribution is 2.38. The van der Waals surface area contributed by atoms with E-state index < -0.39 is 0 Å². The van der Waals surface area contributed by atoms with Crippen LogP contribution in [0.25, 0.3) is 0 Å². The van der Waals surface area contributed by atoms with Gasteiger partial charge in [0.1, 0.15) is 12.4 Å². The van der Waals surface area contributed by atoms with E-state index in [4.69, 9.17) is 4.74 Å². The Kier molecular flexibility index (Phi) is 1.18. The lowest BCUT2D eigenvalue weighted by molar-refractivity contribution is -0.112. The Labute approximate surface area is 75.9 Å². The largest absolute Gasteiger partial charge is 0.489 e. The summed E-state index contributed by atoms with van der Waals surface area (Å²) in [4.78, 5) is 11.2. The molecule has 0 bridgehead atoms. The molecule has 3 rings (SSSR count). The summed E-state index contributed by atoms with van der Waals surface area (Å²) >= 11 is 0. The van der Waals surface area contributed by atoms with Gasteiger partial charge in [-0.25, -0.2) is 0 Å². The summed E-state index contributed by atoms with van der Waals surface area (Å²) in [6.07, 6.45) is 8.51. The van der Waals surface area contributed by atoms with Crippen LogP contribution in [0.2, 0.25) is 0 Å². The van der Waals surface area contributed by atoms with Gasteiger partial charge in [-0.15, -0.1) is 0 Å². The number of ether oxygens (including phenoxy) is 1. The summed E-state index contributed by atoms with van der Waals surface area (Å²) in [5.74, 6) is 1.07. The van der Waals surface area contributed by atoms with E-state index in [-0.39, 0.29) is 5.78 Å². The predicted molar refractivity (Wildman–Crippen MR) is 47.9 cm³/mol. The van der Waals surface area contributed by atoms with Gasteiger partial charge in [0, 0.05) is 11.1 Å². The summed E-state index contributed by atoms with van der Waals surface area (Å²) < 4.78 is 5.48. The molecule has 0 saturated heterocycles. The van der Waals surface area contributed by atoms with Crippen molar-refractivity contribution in [3.8, 4) is 0 Å². The molecule has 0 radical (unpaired) electrons. The number of hydrogen-bond donors (Lipinski definition) is 0. The zero-order valence-electron chi connectivity index (χ0n) is 7.04. The van der Waals surface area contributed by atoms with Crippen molar-refractivity contribution >= 4 is 5.78 Å². The standard InChI is InChI=1S/C11H8O2/c12-10-6-9-7(10)4-5-13-11-3-1-2-8(9)11/h1,3-4,6H,2,5H2. The fraction of sp³-hybridized carbons (Fsp3) is 0.182. The van der Waals surface area contributed by atoms with E-state index in [2.05, 4.69) is 6.08 Å². The van der Waals surface area contributed by atoms with Crippen LogP contribution in [0.15, 0.2) is 46.8 Å². The zero-order valence-corrected chi connectivity index (χ0v) is 7.04. The molecule has 3 aliphatic rings. The van der Waals surface area contributed by atoms with Crippen molar-refractivity contribution in [2.24, 2.45) is 0 Å². The van der Waals surface area contributed by atoms with E-state index in [0.29, 0.717) is 6.61 Å². The number of ketones is 1. The minimum atomic E-state index is 0.138. The second-order valence-corrected chi connectivity index (χ2v) is 3.30. The maximum atomic E-state index is 11.2. The van der Waals surface area contributed by atoms with E-state index in [1.165, 1.54) is 5.57 Å². The predicted octanol–water partition coefficient (Wildman–Crippen LogP) is 1.67. The highest BCUT2D eigenvalue weighted by atomic mass is 16.5. The lowest BCUT2D eigenvalue weighted by Gasteiger charge is -2.17.